The number of rotatable bonds is 5. The van der Waals surface area contributed by atoms with Crippen molar-refractivity contribution in [2.45, 2.75) is 0 Å². The van der Waals surface area contributed by atoms with E-state index in [2.05, 4.69) is 15.3 Å². The zero-order chi connectivity index (χ0) is 14.5. The summed E-state index contributed by atoms with van der Waals surface area (Å²) in [5.74, 6) is -0.138. The van der Waals surface area contributed by atoms with Gasteiger partial charge in [0, 0.05) is 11.6 Å². The number of nitrogens with two attached hydrogens (primary N) is 1. The van der Waals surface area contributed by atoms with E-state index in [-0.39, 0.29) is 41.4 Å². The molecule has 0 unspecified atom stereocenters. The molecule has 4 N–H and O–H groups in total. The first-order valence-corrected chi connectivity index (χ1v) is 6.08. The van der Waals surface area contributed by atoms with E-state index in [1.165, 1.54) is 18.3 Å². The van der Waals surface area contributed by atoms with Crippen LogP contribution in [-0.2, 0) is 0 Å². The summed E-state index contributed by atoms with van der Waals surface area (Å²) in [6, 6.07) is 4.03. The largest absolute Gasteiger partial charge is 0.449 e. The Hall–Kier alpha value is -2.12. The van der Waals surface area contributed by atoms with Crippen LogP contribution in [0.5, 0.6) is 11.5 Å². The Labute approximate surface area is 119 Å². The quantitative estimate of drug-likeness (QED) is 0.782. The van der Waals surface area contributed by atoms with E-state index in [9.17, 15) is 4.39 Å². The van der Waals surface area contributed by atoms with Gasteiger partial charge in [-0.1, -0.05) is 11.6 Å². The molecule has 20 heavy (non-hydrogen) atoms. The third-order valence-electron chi connectivity index (χ3n) is 2.29. The highest BCUT2D eigenvalue weighted by molar-refractivity contribution is 6.30. The number of nitrogens with zero attached hydrogens (tertiary/aromatic N) is 2. The first-order valence-electron chi connectivity index (χ1n) is 5.70. The minimum absolute atomic E-state index is 0.0187. The lowest BCUT2D eigenvalue weighted by Gasteiger charge is -2.12. The van der Waals surface area contributed by atoms with Crippen LogP contribution in [0, 0.1) is 5.82 Å². The van der Waals surface area contributed by atoms with E-state index in [0.717, 1.165) is 6.07 Å². The first-order chi connectivity index (χ1) is 9.60. The van der Waals surface area contributed by atoms with Gasteiger partial charge in [0.05, 0.1) is 12.8 Å². The zero-order valence-electron chi connectivity index (χ0n) is 10.3. The molecule has 8 heteroatoms. The third kappa shape index (κ3) is 3.46. The fourth-order valence-corrected chi connectivity index (χ4v) is 1.60. The molecule has 2 aromatic rings. The van der Waals surface area contributed by atoms with Crippen molar-refractivity contribution >= 4 is 23.4 Å². The lowest BCUT2D eigenvalue weighted by molar-refractivity contribution is 0.310. The highest BCUT2D eigenvalue weighted by Gasteiger charge is 2.11. The number of hydrogen-bond acceptors (Lipinski definition) is 6. The second-order valence-corrected chi connectivity index (χ2v) is 4.20. The molecule has 1 aromatic carbocycles. The predicted octanol–water partition coefficient (Wildman–Crippen LogP) is 2.05. The van der Waals surface area contributed by atoms with Crippen LogP contribution in [0.3, 0.4) is 0 Å². The smallest absolute Gasteiger partial charge is 0.222 e. The molecule has 106 valence electrons. The van der Waals surface area contributed by atoms with Crippen molar-refractivity contribution < 1.29 is 14.2 Å². The SMILES string of the molecule is Nc1ncc(Oc2ccc(Cl)cc2F)c(NCCO)n1. The zero-order valence-corrected chi connectivity index (χ0v) is 11.1. The number of nitrogen functional groups attached to an aromatic ring is 1. The molecule has 1 heterocycles. The molecule has 0 aliphatic rings. The van der Waals surface area contributed by atoms with Crippen LogP contribution in [0.25, 0.3) is 0 Å². The molecule has 0 fully saturated rings. The van der Waals surface area contributed by atoms with Gasteiger partial charge < -0.3 is 20.9 Å². The Morgan fingerprint density at radius 3 is 2.90 bits per heavy atom. The summed E-state index contributed by atoms with van der Waals surface area (Å²) < 4.78 is 19.1. The van der Waals surface area contributed by atoms with Crippen molar-refractivity contribution in [3.63, 3.8) is 0 Å². The van der Waals surface area contributed by atoms with Crippen LogP contribution >= 0.6 is 11.6 Å². The van der Waals surface area contributed by atoms with Gasteiger partial charge in [-0.2, -0.15) is 4.98 Å². The van der Waals surface area contributed by atoms with Crippen molar-refractivity contribution in [2.24, 2.45) is 0 Å². The molecule has 0 saturated heterocycles. The van der Waals surface area contributed by atoms with Crippen LogP contribution in [0.15, 0.2) is 24.4 Å². The van der Waals surface area contributed by atoms with Crippen molar-refractivity contribution in [2.75, 3.05) is 24.2 Å². The van der Waals surface area contributed by atoms with Gasteiger partial charge in [0.1, 0.15) is 0 Å². The normalized spacial score (nSPS) is 10.3. The van der Waals surface area contributed by atoms with E-state index < -0.39 is 5.82 Å². The molecule has 0 atom stereocenters. The highest BCUT2D eigenvalue weighted by atomic mass is 35.5. The molecule has 2 rings (SSSR count). The van der Waals surface area contributed by atoms with Gasteiger partial charge in [0.15, 0.2) is 23.1 Å². The number of nitrogens with one attached hydrogen (secondary N) is 1. The molecule has 0 saturated carbocycles. The minimum atomic E-state index is -0.609. The number of benzene rings is 1. The standard InChI is InChI=1S/C12H12ClFN4O2/c13-7-1-2-9(8(14)5-7)20-10-6-17-12(15)18-11(10)16-3-4-19/h1-2,5-6,19H,3-4H2,(H3,15,16,17,18). The maximum atomic E-state index is 13.7. The first kappa shape index (κ1) is 14.3. The summed E-state index contributed by atoms with van der Waals surface area (Å²) in [7, 11) is 0. The second-order valence-electron chi connectivity index (χ2n) is 3.77. The van der Waals surface area contributed by atoms with Gasteiger partial charge >= 0.3 is 0 Å². The molecule has 0 radical (unpaired) electrons. The summed E-state index contributed by atoms with van der Waals surface area (Å²) in [6.07, 6.45) is 1.32. The van der Waals surface area contributed by atoms with E-state index in [1.54, 1.807) is 0 Å². The minimum Gasteiger partial charge on any atom is -0.449 e. The maximum Gasteiger partial charge on any atom is 0.222 e. The highest BCUT2D eigenvalue weighted by Crippen LogP contribution is 2.30. The number of anilines is 2. The number of aromatic nitrogens is 2. The van der Waals surface area contributed by atoms with Crippen LogP contribution in [0.1, 0.15) is 0 Å². The number of aliphatic hydroxyl groups excluding tert-OH is 1. The molecular weight excluding hydrogens is 287 g/mol. The molecule has 1 aromatic heterocycles. The fraction of sp³-hybridized carbons (Fsp3) is 0.167. The monoisotopic (exact) mass is 298 g/mol. The van der Waals surface area contributed by atoms with Gasteiger partial charge in [-0.15, -0.1) is 0 Å². The summed E-state index contributed by atoms with van der Waals surface area (Å²) in [5, 5.41) is 11.9. The Kier molecular flexibility index (Phi) is 4.54. The van der Waals surface area contributed by atoms with E-state index >= 15 is 0 Å². The molecule has 0 spiro atoms. The van der Waals surface area contributed by atoms with Gasteiger partial charge in [0.2, 0.25) is 5.95 Å². The number of aliphatic hydroxyl groups is 1. The van der Waals surface area contributed by atoms with Crippen molar-refractivity contribution in [1.29, 1.82) is 0 Å². The van der Waals surface area contributed by atoms with Gasteiger partial charge in [0.25, 0.3) is 0 Å². The van der Waals surface area contributed by atoms with Crippen LogP contribution < -0.4 is 15.8 Å². The topological polar surface area (TPSA) is 93.3 Å². The van der Waals surface area contributed by atoms with Crippen molar-refractivity contribution in [3.8, 4) is 11.5 Å². The average molecular weight is 299 g/mol. The Bertz CT molecular complexity index is 612. The molecule has 0 amide bonds. The lowest BCUT2D eigenvalue weighted by Crippen LogP contribution is -2.10. The molecule has 0 bridgehead atoms. The second kappa shape index (κ2) is 6.36. The van der Waals surface area contributed by atoms with E-state index in [0.29, 0.717) is 0 Å². The summed E-state index contributed by atoms with van der Waals surface area (Å²) in [4.78, 5) is 7.71. The number of halogens is 2. The molecule has 6 nitrogen and oxygen atoms in total. The maximum absolute atomic E-state index is 13.7. The molecule has 0 aliphatic carbocycles. The van der Waals surface area contributed by atoms with Crippen LogP contribution in [0.4, 0.5) is 16.2 Å². The number of hydrogen-bond donors (Lipinski definition) is 3. The molecular formula is C12H12ClFN4O2. The summed E-state index contributed by atoms with van der Waals surface area (Å²) in [6.45, 7) is 0.147. The van der Waals surface area contributed by atoms with Gasteiger partial charge in [-0.05, 0) is 18.2 Å². The van der Waals surface area contributed by atoms with Gasteiger partial charge in [-0.25, -0.2) is 9.37 Å². The average Bonchev–Trinajstić information content (AvgIpc) is 2.41. The Morgan fingerprint density at radius 1 is 1.40 bits per heavy atom. The van der Waals surface area contributed by atoms with Crippen LogP contribution in [-0.4, -0.2) is 28.2 Å². The third-order valence-corrected chi connectivity index (χ3v) is 2.53. The van der Waals surface area contributed by atoms with Crippen molar-refractivity contribution in [3.05, 3.63) is 35.2 Å². The summed E-state index contributed by atoms with van der Waals surface area (Å²) in [5.41, 5.74) is 5.47. The van der Waals surface area contributed by atoms with E-state index in [4.69, 9.17) is 27.2 Å². The van der Waals surface area contributed by atoms with E-state index in [1.807, 2.05) is 0 Å². The number of ether oxygens (including phenoxy) is 1. The summed E-state index contributed by atoms with van der Waals surface area (Å²) >= 11 is 5.66. The van der Waals surface area contributed by atoms with Crippen molar-refractivity contribution in [1.82, 2.24) is 9.97 Å². The lowest BCUT2D eigenvalue weighted by atomic mass is 10.3. The van der Waals surface area contributed by atoms with Crippen LogP contribution in [0.2, 0.25) is 5.02 Å². The molecule has 0 aliphatic heterocycles. The predicted molar refractivity (Wildman–Crippen MR) is 73.5 cm³/mol. The fourth-order valence-electron chi connectivity index (χ4n) is 1.44. The Balaban J connectivity index is 2.27. The Morgan fingerprint density at radius 2 is 2.20 bits per heavy atom. The van der Waals surface area contributed by atoms with Gasteiger partial charge in [-0.3, -0.25) is 0 Å².